The Labute approximate surface area is 213 Å². The van der Waals surface area contributed by atoms with Gasteiger partial charge in [-0.1, -0.05) is 67.1 Å². The topological polar surface area (TPSA) is 86.8 Å². The van der Waals surface area contributed by atoms with Gasteiger partial charge in [0.15, 0.2) is 0 Å². The Hall–Kier alpha value is -3.65. The number of nitrogens with one attached hydrogen (secondary N) is 1. The van der Waals surface area contributed by atoms with E-state index in [-0.39, 0.29) is 17.3 Å². The third kappa shape index (κ3) is 6.31. The van der Waals surface area contributed by atoms with Crippen LogP contribution in [-0.4, -0.2) is 44.8 Å². The van der Waals surface area contributed by atoms with Gasteiger partial charge in [-0.05, 0) is 55.7 Å². The zero-order valence-electron chi connectivity index (χ0n) is 21.1. The number of anilines is 1. The normalized spacial score (nSPS) is 12.0. The van der Waals surface area contributed by atoms with E-state index in [1.807, 2.05) is 50.2 Å². The lowest BCUT2D eigenvalue weighted by molar-refractivity contribution is -0.139. The number of amides is 2. The zero-order chi connectivity index (χ0) is 26.3. The molecule has 0 aromatic heterocycles. The summed E-state index contributed by atoms with van der Waals surface area (Å²) >= 11 is 0. The van der Waals surface area contributed by atoms with Gasteiger partial charge in [0, 0.05) is 13.6 Å². The first-order valence-corrected chi connectivity index (χ1v) is 13.3. The molecule has 36 heavy (non-hydrogen) atoms. The molecule has 3 aromatic rings. The fourth-order valence-electron chi connectivity index (χ4n) is 3.83. The lowest BCUT2D eigenvalue weighted by atomic mass is 10.1. The average molecular weight is 508 g/mol. The summed E-state index contributed by atoms with van der Waals surface area (Å²) in [6, 6.07) is 22.0. The summed E-state index contributed by atoms with van der Waals surface area (Å²) in [5.41, 5.74) is 3.35. The summed E-state index contributed by atoms with van der Waals surface area (Å²) in [5, 5.41) is 2.58. The first kappa shape index (κ1) is 26.9. The van der Waals surface area contributed by atoms with Crippen molar-refractivity contribution in [1.82, 2.24) is 10.2 Å². The fourth-order valence-corrected chi connectivity index (χ4v) is 5.26. The number of sulfonamides is 1. The van der Waals surface area contributed by atoms with Gasteiger partial charge in [0.2, 0.25) is 11.8 Å². The van der Waals surface area contributed by atoms with E-state index in [9.17, 15) is 18.0 Å². The van der Waals surface area contributed by atoms with E-state index in [0.717, 1.165) is 27.4 Å². The Kier molecular flexibility index (Phi) is 8.88. The number of benzene rings is 3. The quantitative estimate of drug-likeness (QED) is 0.451. The molecule has 0 spiro atoms. The molecule has 0 radical (unpaired) electrons. The maximum atomic E-state index is 13.7. The third-order valence-electron chi connectivity index (χ3n) is 6.13. The van der Waals surface area contributed by atoms with Crippen LogP contribution in [0, 0.1) is 6.92 Å². The molecule has 0 aliphatic heterocycles. The Balaban J connectivity index is 2.01. The highest BCUT2D eigenvalue weighted by molar-refractivity contribution is 7.92. The minimum atomic E-state index is -4.05. The summed E-state index contributed by atoms with van der Waals surface area (Å²) in [7, 11) is -2.54. The van der Waals surface area contributed by atoms with Crippen molar-refractivity contribution >= 4 is 27.5 Å². The van der Waals surface area contributed by atoms with Crippen molar-refractivity contribution in [2.75, 3.05) is 17.9 Å². The van der Waals surface area contributed by atoms with Crippen LogP contribution in [0.3, 0.4) is 0 Å². The zero-order valence-corrected chi connectivity index (χ0v) is 22.0. The van der Waals surface area contributed by atoms with Gasteiger partial charge in [0.05, 0.1) is 10.6 Å². The molecule has 0 aliphatic carbocycles. The summed E-state index contributed by atoms with van der Waals surface area (Å²) in [6.45, 7) is 5.34. The van der Waals surface area contributed by atoms with E-state index >= 15 is 0 Å². The van der Waals surface area contributed by atoms with E-state index in [1.165, 1.54) is 24.1 Å². The van der Waals surface area contributed by atoms with E-state index in [2.05, 4.69) is 5.32 Å². The number of rotatable bonds is 10. The van der Waals surface area contributed by atoms with Crippen LogP contribution >= 0.6 is 0 Å². The highest BCUT2D eigenvalue weighted by atomic mass is 32.2. The Morgan fingerprint density at radius 1 is 0.889 bits per heavy atom. The lowest BCUT2D eigenvalue weighted by Crippen LogP contribution is -2.50. The Bertz CT molecular complexity index is 1270. The van der Waals surface area contributed by atoms with Crippen molar-refractivity contribution in [3.8, 4) is 0 Å². The summed E-state index contributed by atoms with van der Waals surface area (Å²) in [6.07, 6.45) is 0.804. The van der Waals surface area contributed by atoms with Crippen molar-refractivity contribution in [3.63, 3.8) is 0 Å². The SMILES string of the molecule is CCc1ccc(N(CC(=O)N(Cc2ccc(C)cc2)C(C)C(=O)NC)S(=O)(=O)c2ccccc2)cc1. The first-order chi connectivity index (χ1) is 17.2. The van der Waals surface area contributed by atoms with Gasteiger partial charge in [-0.3, -0.25) is 13.9 Å². The Morgan fingerprint density at radius 2 is 1.47 bits per heavy atom. The molecular weight excluding hydrogens is 474 g/mol. The van der Waals surface area contributed by atoms with E-state index in [1.54, 1.807) is 37.3 Å². The van der Waals surface area contributed by atoms with Crippen LogP contribution in [0.15, 0.2) is 83.8 Å². The smallest absolute Gasteiger partial charge is 0.264 e. The van der Waals surface area contributed by atoms with Crippen LogP contribution in [0.1, 0.15) is 30.5 Å². The lowest BCUT2D eigenvalue weighted by Gasteiger charge is -2.31. The van der Waals surface area contributed by atoms with Crippen molar-refractivity contribution in [1.29, 1.82) is 0 Å². The molecule has 7 nitrogen and oxygen atoms in total. The highest BCUT2D eigenvalue weighted by Gasteiger charge is 2.32. The third-order valence-corrected chi connectivity index (χ3v) is 7.92. The molecule has 190 valence electrons. The van der Waals surface area contributed by atoms with Gasteiger partial charge in [0.25, 0.3) is 10.0 Å². The standard InChI is InChI=1S/C28H33N3O4S/c1-5-23-15-17-25(18-16-23)31(36(34,35)26-9-7-6-8-10-26)20-27(32)30(22(3)28(33)29-4)19-24-13-11-21(2)12-14-24/h6-18,22H,5,19-20H2,1-4H3,(H,29,33). The molecule has 1 N–H and O–H groups in total. The van der Waals surface area contributed by atoms with E-state index in [0.29, 0.717) is 5.69 Å². The molecule has 0 fully saturated rings. The minimum Gasteiger partial charge on any atom is -0.357 e. The van der Waals surface area contributed by atoms with Crippen LogP contribution in [0.2, 0.25) is 0 Å². The molecule has 3 aromatic carbocycles. The predicted molar refractivity (Wildman–Crippen MR) is 142 cm³/mol. The van der Waals surface area contributed by atoms with Crippen molar-refractivity contribution in [2.24, 2.45) is 0 Å². The maximum Gasteiger partial charge on any atom is 0.264 e. The Morgan fingerprint density at radius 3 is 2.03 bits per heavy atom. The second-order valence-corrected chi connectivity index (χ2v) is 10.5. The number of carbonyl (C=O) groups excluding carboxylic acids is 2. The highest BCUT2D eigenvalue weighted by Crippen LogP contribution is 2.25. The number of aryl methyl sites for hydroxylation is 2. The van der Waals surface area contributed by atoms with Crippen molar-refractivity contribution < 1.29 is 18.0 Å². The van der Waals surface area contributed by atoms with E-state index in [4.69, 9.17) is 0 Å². The molecule has 8 heteroatoms. The molecular formula is C28H33N3O4S. The first-order valence-electron chi connectivity index (χ1n) is 11.9. The van der Waals surface area contributed by atoms with Gasteiger partial charge in [-0.2, -0.15) is 0 Å². The van der Waals surface area contributed by atoms with Gasteiger partial charge >= 0.3 is 0 Å². The minimum absolute atomic E-state index is 0.0850. The summed E-state index contributed by atoms with van der Waals surface area (Å²) < 4.78 is 28.5. The number of nitrogens with zero attached hydrogens (tertiary/aromatic N) is 2. The number of hydrogen-bond donors (Lipinski definition) is 1. The second-order valence-electron chi connectivity index (χ2n) is 8.64. The maximum absolute atomic E-state index is 13.7. The number of carbonyl (C=O) groups is 2. The molecule has 3 rings (SSSR count). The predicted octanol–water partition coefficient (Wildman–Crippen LogP) is 3.92. The summed E-state index contributed by atoms with van der Waals surface area (Å²) in [4.78, 5) is 27.7. The summed E-state index contributed by atoms with van der Waals surface area (Å²) in [5.74, 6) is -0.814. The molecule has 0 bridgehead atoms. The van der Waals surface area contributed by atoms with Crippen LogP contribution < -0.4 is 9.62 Å². The van der Waals surface area contributed by atoms with Gasteiger partial charge in [0.1, 0.15) is 12.6 Å². The van der Waals surface area contributed by atoms with Crippen molar-refractivity contribution in [2.45, 2.75) is 44.7 Å². The molecule has 1 atom stereocenters. The monoisotopic (exact) mass is 507 g/mol. The van der Waals surface area contributed by atoms with Gasteiger partial charge < -0.3 is 10.2 Å². The molecule has 1 unspecified atom stereocenters. The molecule has 0 saturated carbocycles. The van der Waals surface area contributed by atoms with Gasteiger partial charge in [-0.25, -0.2) is 8.42 Å². The second kappa shape index (κ2) is 11.9. The average Bonchev–Trinajstić information content (AvgIpc) is 2.90. The number of hydrogen-bond acceptors (Lipinski definition) is 4. The number of likely N-dealkylation sites (N-methyl/N-ethyl adjacent to an activating group) is 1. The molecule has 0 saturated heterocycles. The van der Waals surface area contributed by atoms with Crippen LogP contribution in [0.4, 0.5) is 5.69 Å². The van der Waals surface area contributed by atoms with Crippen LogP contribution in [0.5, 0.6) is 0 Å². The largest absolute Gasteiger partial charge is 0.357 e. The van der Waals surface area contributed by atoms with Crippen LogP contribution in [0.25, 0.3) is 0 Å². The van der Waals surface area contributed by atoms with Crippen LogP contribution in [-0.2, 0) is 32.6 Å². The fraction of sp³-hybridized carbons (Fsp3) is 0.286. The molecule has 0 heterocycles. The van der Waals surface area contributed by atoms with Gasteiger partial charge in [-0.15, -0.1) is 0 Å². The van der Waals surface area contributed by atoms with E-state index < -0.39 is 28.5 Å². The molecule has 2 amide bonds. The van der Waals surface area contributed by atoms with Crippen molar-refractivity contribution in [3.05, 3.63) is 95.6 Å². The molecule has 0 aliphatic rings.